The third kappa shape index (κ3) is 3.71. The van der Waals surface area contributed by atoms with E-state index < -0.39 is 18.2 Å². The lowest BCUT2D eigenvalue weighted by atomic mass is 10.1. The van der Waals surface area contributed by atoms with Gasteiger partial charge in [0, 0.05) is 0 Å². The van der Waals surface area contributed by atoms with Gasteiger partial charge in [-0.05, 0) is 31.5 Å². The van der Waals surface area contributed by atoms with Gasteiger partial charge < -0.3 is 14.9 Å². The van der Waals surface area contributed by atoms with E-state index in [4.69, 9.17) is 9.84 Å². The van der Waals surface area contributed by atoms with Crippen LogP contribution in [0, 0.1) is 0 Å². The zero-order valence-electron chi connectivity index (χ0n) is 9.63. The molecule has 0 saturated heterocycles. The van der Waals surface area contributed by atoms with Gasteiger partial charge in [0.05, 0.1) is 6.10 Å². The first-order valence-corrected chi connectivity index (χ1v) is 5.23. The molecule has 0 aliphatic rings. The average Bonchev–Trinajstić information content (AvgIpc) is 2.27. The van der Waals surface area contributed by atoms with Crippen LogP contribution in [0.4, 0.5) is 4.39 Å². The zero-order valence-corrected chi connectivity index (χ0v) is 9.63. The smallest absolute Gasteiger partial charge is 0.341 e. The molecular formula is C12H15FO4. The van der Waals surface area contributed by atoms with E-state index in [0.717, 1.165) is 0 Å². The maximum Gasteiger partial charge on any atom is 0.341 e. The summed E-state index contributed by atoms with van der Waals surface area (Å²) in [7, 11) is 0. The summed E-state index contributed by atoms with van der Waals surface area (Å²) in [6.07, 6.45) is -3.98. The summed E-state index contributed by atoms with van der Waals surface area (Å²) >= 11 is 0. The Bertz CT molecular complexity index is 375. The Morgan fingerprint density at radius 2 is 1.82 bits per heavy atom. The number of aliphatic hydroxyl groups is 1. The van der Waals surface area contributed by atoms with Gasteiger partial charge in [0.1, 0.15) is 11.9 Å². The van der Waals surface area contributed by atoms with Crippen molar-refractivity contribution in [2.75, 3.05) is 0 Å². The highest BCUT2D eigenvalue weighted by atomic mass is 19.1. The molecule has 4 nitrogen and oxygen atoms in total. The van der Waals surface area contributed by atoms with Gasteiger partial charge in [0.2, 0.25) is 6.17 Å². The lowest BCUT2D eigenvalue weighted by Crippen LogP contribution is -2.23. The molecule has 1 aromatic carbocycles. The van der Waals surface area contributed by atoms with E-state index in [1.165, 1.54) is 12.1 Å². The fourth-order valence-corrected chi connectivity index (χ4v) is 1.32. The van der Waals surface area contributed by atoms with Crippen molar-refractivity contribution < 1.29 is 24.1 Å². The number of carboxylic acids is 1. The third-order valence-electron chi connectivity index (χ3n) is 2.11. The molecule has 0 spiro atoms. The van der Waals surface area contributed by atoms with Crippen LogP contribution in [-0.2, 0) is 4.79 Å². The van der Waals surface area contributed by atoms with Crippen LogP contribution in [0.5, 0.6) is 5.75 Å². The largest absolute Gasteiger partial charge is 0.491 e. The van der Waals surface area contributed by atoms with E-state index in [-0.39, 0.29) is 11.7 Å². The molecule has 0 aliphatic carbocycles. The minimum atomic E-state index is -2.33. The average molecular weight is 242 g/mol. The molecule has 17 heavy (non-hydrogen) atoms. The molecule has 0 fully saturated rings. The minimum Gasteiger partial charge on any atom is -0.491 e. The van der Waals surface area contributed by atoms with Crippen molar-refractivity contribution in [3.05, 3.63) is 29.8 Å². The number of ether oxygens (including phenoxy) is 1. The number of carboxylic acid groups (broad SMARTS) is 1. The molecule has 0 amide bonds. The highest BCUT2D eigenvalue weighted by molar-refractivity contribution is 5.73. The monoisotopic (exact) mass is 242 g/mol. The van der Waals surface area contributed by atoms with Crippen molar-refractivity contribution in [1.82, 2.24) is 0 Å². The molecule has 94 valence electrons. The molecule has 0 aliphatic heterocycles. The zero-order chi connectivity index (χ0) is 13.0. The number of halogens is 1. The van der Waals surface area contributed by atoms with Gasteiger partial charge in [-0.1, -0.05) is 12.1 Å². The molecule has 0 bridgehead atoms. The second-order valence-electron chi connectivity index (χ2n) is 3.92. The molecule has 1 rings (SSSR count). The van der Waals surface area contributed by atoms with Crippen LogP contribution in [0.2, 0.25) is 0 Å². The Balaban J connectivity index is 2.76. The fourth-order valence-electron chi connectivity index (χ4n) is 1.32. The number of hydrogen-bond donors (Lipinski definition) is 2. The Hall–Kier alpha value is -1.62. The Kier molecular flexibility index (Phi) is 4.45. The van der Waals surface area contributed by atoms with Crippen molar-refractivity contribution in [3.8, 4) is 5.75 Å². The number of aliphatic hydroxyl groups excluding tert-OH is 1. The number of hydrogen-bond acceptors (Lipinski definition) is 3. The van der Waals surface area contributed by atoms with Gasteiger partial charge in [-0.3, -0.25) is 0 Å². The van der Waals surface area contributed by atoms with Crippen LogP contribution in [0.25, 0.3) is 0 Å². The number of alkyl halides is 1. The molecule has 0 saturated carbocycles. The summed E-state index contributed by atoms with van der Waals surface area (Å²) in [6, 6.07) is 6.01. The first kappa shape index (κ1) is 13.4. The van der Waals surface area contributed by atoms with Gasteiger partial charge in [-0.2, -0.15) is 0 Å². The third-order valence-corrected chi connectivity index (χ3v) is 2.11. The van der Waals surface area contributed by atoms with E-state index in [1.54, 1.807) is 12.1 Å². The first-order chi connectivity index (χ1) is 7.91. The van der Waals surface area contributed by atoms with E-state index in [2.05, 4.69) is 0 Å². The van der Waals surface area contributed by atoms with Crippen LogP contribution in [0.1, 0.15) is 25.5 Å². The van der Waals surface area contributed by atoms with Crippen molar-refractivity contribution >= 4 is 5.97 Å². The molecule has 5 heteroatoms. The summed E-state index contributed by atoms with van der Waals surface area (Å²) in [5, 5.41) is 17.9. The highest BCUT2D eigenvalue weighted by Crippen LogP contribution is 2.22. The quantitative estimate of drug-likeness (QED) is 0.828. The van der Waals surface area contributed by atoms with Crippen LogP contribution in [0.15, 0.2) is 24.3 Å². The van der Waals surface area contributed by atoms with Crippen LogP contribution >= 0.6 is 0 Å². The summed E-state index contributed by atoms with van der Waals surface area (Å²) in [6.45, 7) is 3.73. The topological polar surface area (TPSA) is 66.8 Å². The van der Waals surface area contributed by atoms with Gasteiger partial charge in [0.25, 0.3) is 0 Å². The van der Waals surface area contributed by atoms with E-state index in [9.17, 15) is 14.3 Å². The van der Waals surface area contributed by atoms with Gasteiger partial charge in [-0.15, -0.1) is 0 Å². The number of aliphatic carboxylic acids is 1. The normalized spacial score (nSPS) is 14.4. The Labute approximate surface area is 98.7 Å². The van der Waals surface area contributed by atoms with E-state index in [1.807, 2.05) is 13.8 Å². The van der Waals surface area contributed by atoms with Gasteiger partial charge in [0.15, 0.2) is 0 Å². The van der Waals surface area contributed by atoms with E-state index in [0.29, 0.717) is 5.75 Å². The Morgan fingerprint density at radius 3 is 2.24 bits per heavy atom. The number of carbonyl (C=O) groups is 1. The summed E-state index contributed by atoms with van der Waals surface area (Å²) < 4.78 is 18.4. The molecule has 2 atom stereocenters. The molecule has 0 radical (unpaired) electrons. The second-order valence-corrected chi connectivity index (χ2v) is 3.92. The standard InChI is InChI=1S/C12H15FO4/c1-7(2)17-9-5-3-8(4-6-9)11(14)10(13)12(15)16/h3-7,10-11,14H,1-2H3,(H,15,16). The number of benzene rings is 1. The molecule has 2 N–H and O–H groups in total. The van der Waals surface area contributed by atoms with E-state index >= 15 is 0 Å². The highest BCUT2D eigenvalue weighted by Gasteiger charge is 2.27. The van der Waals surface area contributed by atoms with Crippen molar-refractivity contribution in [2.45, 2.75) is 32.2 Å². The summed E-state index contributed by atoms with van der Waals surface area (Å²) in [5.41, 5.74) is 0.205. The lowest BCUT2D eigenvalue weighted by Gasteiger charge is -2.14. The van der Waals surface area contributed by atoms with Gasteiger partial charge >= 0.3 is 5.97 Å². The van der Waals surface area contributed by atoms with Crippen molar-refractivity contribution in [3.63, 3.8) is 0 Å². The molecule has 1 aromatic rings. The Morgan fingerprint density at radius 1 is 1.29 bits per heavy atom. The summed E-state index contributed by atoms with van der Waals surface area (Å²) in [5.74, 6) is -1.10. The minimum absolute atomic E-state index is 0.0127. The first-order valence-electron chi connectivity index (χ1n) is 5.23. The second kappa shape index (κ2) is 5.63. The van der Waals surface area contributed by atoms with Gasteiger partial charge in [-0.25, -0.2) is 9.18 Å². The van der Waals surface area contributed by atoms with Crippen LogP contribution in [-0.4, -0.2) is 28.5 Å². The summed E-state index contributed by atoms with van der Waals surface area (Å²) in [4.78, 5) is 10.4. The van der Waals surface area contributed by atoms with Crippen molar-refractivity contribution in [1.29, 1.82) is 0 Å². The fraction of sp³-hybridized carbons (Fsp3) is 0.417. The molecular weight excluding hydrogens is 227 g/mol. The molecule has 0 aromatic heterocycles. The molecule has 0 heterocycles. The predicted octanol–water partition coefficient (Wildman–Crippen LogP) is 1.93. The van der Waals surface area contributed by atoms with Crippen molar-refractivity contribution in [2.24, 2.45) is 0 Å². The SMILES string of the molecule is CC(C)Oc1ccc(C(O)C(F)C(=O)O)cc1. The molecule has 2 unspecified atom stereocenters. The lowest BCUT2D eigenvalue weighted by molar-refractivity contribution is -0.147. The van der Waals surface area contributed by atoms with Crippen LogP contribution < -0.4 is 4.74 Å². The maximum atomic E-state index is 13.0. The predicted molar refractivity (Wildman–Crippen MR) is 59.7 cm³/mol. The van der Waals surface area contributed by atoms with Crippen LogP contribution in [0.3, 0.4) is 0 Å². The maximum absolute atomic E-state index is 13.0. The number of rotatable bonds is 5.